The van der Waals surface area contributed by atoms with Gasteiger partial charge in [-0.2, -0.15) is 0 Å². The second kappa shape index (κ2) is 11.5. The van der Waals surface area contributed by atoms with Gasteiger partial charge in [-0.15, -0.1) is 17.0 Å². The van der Waals surface area contributed by atoms with Crippen LogP contribution in [-0.2, 0) is 14.4 Å². The number of fused-ring (bicyclic) bond motifs is 5. The van der Waals surface area contributed by atoms with Crippen molar-refractivity contribution in [2.75, 3.05) is 19.7 Å². The number of carbonyl (C=O) groups is 3. The van der Waals surface area contributed by atoms with Crippen LogP contribution in [0.2, 0.25) is 0 Å². The Morgan fingerprint density at radius 1 is 1.06 bits per heavy atom. The van der Waals surface area contributed by atoms with Gasteiger partial charge < -0.3 is 20.6 Å². The number of carbonyl (C=O) groups excluding carboxylic acids is 3. The van der Waals surface area contributed by atoms with E-state index in [9.17, 15) is 29.7 Å². The van der Waals surface area contributed by atoms with Crippen LogP contribution < -0.4 is 5.32 Å². The van der Waals surface area contributed by atoms with Crippen molar-refractivity contribution in [2.24, 2.45) is 34.5 Å². The second-order valence-corrected chi connectivity index (χ2v) is 13.3. The van der Waals surface area contributed by atoms with Crippen molar-refractivity contribution in [3.05, 3.63) is 0 Å². The van der Waals surface area contributed by atoms with E-state index in [1.54, 1.807) is 0 Å². The molecule has 0 bridgehead atoms. The van der Waals surface area contributed by atoms with Gasteiger partial charge in [0, 0.05) is 30.7 Å². The van der Waals surface area contributed by atoms with Crippen molar-refractivity contribution in [1.29, 1.82) is 0 Å². The molecule has 206 valence electrons. The number of rotatable bonds is 2. The van der Waals surface area contributed by atoms with Crippen LogP contribution in [0.3, 0.4) is 0 Å². The molecule has 7 nitrogen and oxygen atoms in total. The molecule has 0 aromatic carbocycles. The van der Waals surface area contributed by atoms with Crippen LogP contribution in [0.1, 0.15) is 78.1 Å². The van der Waals surface area contributed by atoms with Gasteiger partial charge >= 0.3 is 0 Å². The minimum atomic E-state index is -1.58. The number of aliphatic hydroxyl groups excluding tert-OH is 2. The van der Waals surface area contributed by atoms with E-state index in [0.717, 1.165) is 58.0 Å². The van der Waals surface area contributed by atoms with Gasteiger partial charge in [0.25, 0.3) is 0 Å². The van der Waals surface area contributed by atoms with Crippen molar-refractivity contribution in [1.82, 2.24) is 5.32 Å². The van der Waals surface area contributed by atoms with Gasteiger partial charge in [0.15, 0.2) is 5.78 Å². The average molecular weight is 637 g/mol. The van der Waals surface area contributed by atoms with Gasteiger partial charge in [-0.05, 0) is 81.1 Å². The van der Waals surface area contributed by atoms with Crippen molar-refractivity contribution in [2.45, 2.75) is 94.6 Å². The zero-order valence-electron chi connectivity index (χ0n) is 21.5. The normalized spacial score (nSPS) is 46.2. The quantitative estimate of drug-likeness (QED) is 0.343. The Hall–Kier alpha value is -0.190. The summed E-state index contributed by atoms with van der Waals surface area (Å²) in [5, 5.41) is 33.8. The predicted octanol–water partition coefficient (Wildman–Crippen LogP) is 3.14. The number of hydrogen-bond donors (Lipinski definition) is 4. The lowest BCUT2D eigenvalue weighted by molar-refractivity contribution is -0.180. The molecular weight excluding hydrogens is 594 g/mol. The molecule has 0 aromatic rings. The maximum Gasteiger partial charge on any atom is 0.190 e. The smallest absolute Gasteiger partial charge is 0.190 e. The molecule has 1 unspecified atom stereocenters. The first-order chi connectivity index (χ1) is 16.5. The molecule has 5 fully saturated rings. The van der Waals surface area contributed by atoms with Crippen LogP contribution in [0, 0.1) is 34.5 Å². The van der Waals surface area contributed by atoms with Gasteiger partial charge in [-0.25, -0.2) is 0 Å². The number of alkyl halides is 1. The van der Waals surface area contributed by atoms with Crippen LogP contribution >= 0.6 is 32.9 Å². The summed E-state index contributed by atoms with van der Waals surface area (Å²) in [7, 11) is 0. The first-order valence-corrected chi connectivity index (χ1v) is 14.3. The average Bonchev–Trinajstić information content (AvgIpc) is 2.95. The van der Waals surface area contributed by atoms with Gasteiger partial charge in [-0.3, -0.25) is 14.4 Å². The van der Waals surface area contributed by atoms with Crippen LogP contribution in [0.15, 0.2) is 0 Å². The number of nitrogens with one attached hydrogen (secondary N) is 1. The Balaban J connectivity index is 0.000000307. The molecule has 0 aromatic heterocycles. The van der Waals surface area contributed by atoms with Gasteiger partial charge in [0.2, 0.25) is 0 Å². The molecule has 0 spiro atoms. The molecule has 0 radical (unpaired) electrons. The first-order valence-electron chi connectivity index (χ1n) is 13.4. The van der Waals surface area contributed by atoms with Crippen LogP contribution in [-0.4, -0.2) is 68.9 Å². The topological polar surface area (TPSA) is 124 Å². The van der Waals surface area contributed by atoms with Gasteiger partial charge in [0.05, 0.1) is 10.9 Å². The van der Waals surface area contributed by atoms with E-state index in [0.29, 0.717) is 24.5 Å². The third-order valence-electron chi connectivity index (χ3n) is 10.6. The van der Waals surface area contributed by atoms with Crippen molar-refractivity contribution in [3.8, 4) is 0 Å². The van der Waals surface area contributed by atoms with Crippen molar-refractivity contribution < 1.29 is 29.7 Å². The summed E-state index contributed by atoms with van der Waals surface area (Å²) >= 11 is 3.31. The highest BCUT2D eigenvalue weighted by Gasteiger charge is 2.68. The van der Waals surface area contributed by atoms with Crippen molar-refractivity contribution in [3.63, 3.8) is 0 Å². The predicted molar refractivity (Wildman–Crippen MR) is 145 cm³/mol. The molecule has 4 saturated carbocycles. The zero-order valence-corrected chi connectivity index (χ0v) is 24.8. The summed E-state index contributed by atoms with van der Waals surface area (Å²) < 4.78 is 0. The molecule has 1 heterocycles. The molecular formula is C27H43Br2NO6. The third-order valence-corrected chi connectivity index (χ3v) is 11.5. The molecule has 0 amide bonds. The Labute approximate surface area is 233 Å². The molecule has 9 atom stereocenters. The lowest BCUT2D eigenvalue weighted by Crippen LogP contribution is -2.62. The molecule has 1 aliphatic heterocycles. The molecule has 1 saturated heterocycles. The summed E-state index contributed by atoms with van der Waals surface area (Å²) in [6.07, 6.45) is 7.08. The fourth-order valence-corrected chi connectivity index (χ4v) is 8.98. The maximum atomic E-state index is 13.4. The second-order valence-electron chi connectivity index (χ2n) is 12.2. The Kier molecular flexibility index (Phi) is 9.70. The first kappa shape index (κ1) is 30.4. The fourth-order valence-electron chi connectivity index (χ4n) is 8.53. The molecule has 4 N–H and O–H groups in total. The SMILES string of the molecule is Br.C[C@]12CC[C@@H](O)C[C@H]1CC[C@@H]1[C@@H]2C(=O)C[C@@]2(C)[C@H]1CC[C@]2(O)C(=O)CO.O=C1CCNCCC1Br. The summed E-state index contributed by atoms with van der Waals surface area (Å²) in [6, 6.07) is 0. The van der Waals surface area contributed by atoms with E-state index in [1.807, 2.05) is 6.92 Å². The molecule has 5 rings (SSSR count). The lowest BCUT2D eigenvalue weighted by Gasteiger charge is -2.60. The molecule has 9 heteroatoms. The van der Waals surface area contributed by atoms with E-state index in [2.05, 4.69) is 28.2 Å². The van der Waals surface area contributed by atoms with Crippen LogP contribution in [0.5, 0.6) is 0 Å². The highest BCUT2D eigenvalue weighted by atomic mass is 79.9. The Bertz CT molecular complexity index is 856. The number of hydrogen-bond acceptors (Lipinski definition) is 7. The van der Waals surface area contributed by atoms with E-state index in [4.69, 9.17) is 0 Å². The van der Waals surface area contributed by atoms with E-state index >= 15 is 0 Å². The summed E-state index contributed by atoms with van der Waals surface area (Å²) in [6.45, 7) is 5.27. The standard InChI is InChI=1S/C21H32O5.C6H10BrNO.BrH/c1-19-7-5-13(23)9-12(19)3-4-14-15-6-8-21(26,17(25)11-22)20(15,2)10-16(24)18(14)19;7-5-1-3-8-4-2-6(5)9;/h12-15,18,22-23,26H,3-11H2,1-2H3;5,8H,1-4H2;1H/t12-,13-,14+,15+,18-,19+,20+,21+;;/m1../s1. The number of Topliss-reactive ketones (excluding diaryl/α,β-unsaturated/α-hetero) is 3. The van der Waals surface area contributed by atoms with E-state index in [1.165, 1.54) is 0 Å². The third kappa shape index (κ3) is 5.06. The Morgan fingerprint density at radius 2 is 1.78 bits per heavy atom. The minimum Gasteiger partial charge on any atom is -0.393 e. The Morgan fingerprint density at radius 3 is 2.47 bits per heavy atom. The summed E-state index contributed by atoms with van der Waals surface area (Å²) in [5.41, 5.74) is -2.40. The molecule has 36 heavy (non-hydrogen) atoms. The fraction of sp³-hybridized carbons (Fsp3) is 0.889. The van der Waals surface area contributed by atoms with Crippen LogP contribution in [0.25, 0.3) is 0 Å². The highest BCUT2D eigenvalue weighted by molar-refractivity contribution is 9.10. The van der Waals surface area contributed by atoms with Crippen LogP contribution in [0.4, 0.5) is 0 Å². The number of halogens is 2. The lowest BCUT2D eigenvalue weighted by atomic mass is 9.44. The molecule has 5 aliphatic rings. The monoisotopic (exact) mass is 635 g/mol. The van der Waals surface area contributed by atoms with E-state index in [-0.39, 0.29) is 63.3 Å². The maximum absolute atomic E-state index is 13.4. The van der Waals surface area contributed by atoms with Crippen molar-refractivity contribution >= 4 is 50.3 Å². The number of aliphatic hydroxyl groups is 3. The van der Waals surface area contributed by atoms with Gasteiger partial charge in [-0.1, -0.05) is 29.8 Å². The highest BCUT2D eigenvalue weighted by Crippen LogP contribution is 2.67. The minimum absolute atomic E-state index is 0. The van der Waals surface area contributed by atoms with Gasteiger partial charge in [0.1, 0.15) is 23.8 Å². The largest absolute Gasteiger partial charge is 0.393 e. The summed E-state index contributed by atoms with van der Waals surface area (Å²) in [5.74, 6) is 0.713. The zero-order chi connectivity index (χ0) is 25.6. The van der Waals surface area contributed by atoms with E-state index < -0.39 is 23.4 Å². The number of ketones is 3. The summed E-state index contributed by atoms with van der Waals surface area (Å²) in [4.78, 5) is 36.8. The molecule has 4 aliphatic carbocycles.